The Morgan fingerprint density at radius 1 is 0.266 bits per heavy atom. The topological polar surface area (TPSA) is 391 Å². The number of hydrogen-bond donors (Lipinski definition) is 0. The van der Waals surface area contributed by atoms with E-state index in [2.05, 4.69) is 76.8 Å². The minimum atomic E-state index is -0.513. The summed E-state index contributed by atoms with van der Waals surface area (Å²) in [7, 11) is 0. The number of aryl methyl sites for hydroxylation is 9. The molecule has 0 radical (unpaired) electrons. The molecule has 0 saturated heterocycles. The number of ether oxygens (including phenoxy) is 6. The van der Waals surface area contributed by atoms with Gasteiger partial charge in [0.1, 0.15) is 40.0 Å². The van der Waals surface area contributed by atoms with E-state index in [-0.39, 0.29) is 39.6 Å². The molecule has 0 N–H and O–H groups in total. The first-order valence-corrected chi connectivity index (χ1v) is 44.2. The highest BCUT2D eigenvalue weighted by Gasteiger charge is 2.21. The largest absolute Gasteiger partial charge is 0.454 e. The third kappa shape index (κ3) is 29.6. The number of esters is 6. The lowest BCUT2D eigenvalue weighted by atomic mass is 10.1. The van der Waals surface area contributed by atoms with E-state index in [9.17, 15) is 33.2 Å². The van der Waals surface area contributed by atoms with E-state index < -0.39 is 41.6 Å². The van der Waals surface area contributed by atoms with Crippen LogP contribution in [0.2, 0.25) is 10.0 Å². The summed E-state index contributed by atoms with van der Waals surface area (Å²) in [5, 5.41) is 24.9. The van der Waals surface area contributed by atoms with Gasteiger partial charge < -0.3 is 55.6 Å². The van der Waals surface area contributed by atoms with Crippen molar-refractivity contribution < 1.29 is 88.7 Å². The van der Waals surface area contributed by atoms with Crippen molar-refractivity contribution in [3.8, 4) is 67.5 Å². The van der Waals surface area contributed by atoms with Crippen LogP contribution < -0.4 is 0 Å². The van der Waals surface area contributed by atoms with Gasteiger partial charge >= 0.3 is 35.8 Å². The van der Waals surface area contributed by atoms with Crippen molar-refractivity contribution >= 4 is 74.9 Å². The van der Waals surface area contributed by atoms with Crippen LogP contribution in [0.4, 0.5) is 4.39 Å². The molecule has 0 amide bonds. The summed E-state index contributed by atoms with van der Waals surface area (Å²) in [6.07, 6.45) is 8.89. The van der Waals surface area contributed by atoms with Crippen LogP contribution in [-0.4, -0.2) is 96.7 Å². The fraction of sp³-hybridized carbons (Fsp3) is 0.143. The maximum absolute atomic E-state index is 13.7. The van der Waals surface area contributed by atoms with E-state index in [1.165, 1.54) is 54.4 Å². The van der Waals surface area contributed by atoms with Gasteiger partial charge in [-0.25, -0.2) is 33.2 Å². The van der Waals surface area contributed by atoms with Crippen LogP contribution in [0.5, 0.6) is 0 Å². The first-order chi connectivity index (χ1) is 67.1. The lowest BCUT2D eigenvalue weighted by molar-refractivity contribution is 0.0429. The van der Waals surface area contributed by atoms with E-state index in [4.69, 9.17) is 78.8 Å². The summed E-state index contributed by atoms with van der Waals surface area (Å²) in [6.45, 7) is 17.1. The van der Waals surface area contributed by atoms with Gasteiger partial charge in [0.15, 0.2) is 74.2 Å². The number of carbonyl (C=O) groups is 6. The van der Waals surface area contributed by atoms with Gasteiger partial charge in [-0.05, 0) is 171 Å². The number of aromatic nitrogens is 12. The molecule has 0 unspecified atom stereocenters. The molecule has 702 valence electrons. The number of benzene rings is 6. The third-order valence-electron chi connectivity index (χ3n) is 19.9. The van der Waals surface area contributed by atoms with Gasteiger partial charge in [-0.15, -0.1) is 0 Å². The molecular weight excluding hydrogens is 1890 g/mol. The van der Waals surface area contributed by atoms with E-state index in [1.54, 1.807) is 133 Å². The summed E-state index contributed by atoms with van der Waals surface area (Å²) < 4.78 is 76.8. The van der Waals surface area contributed by atoms with Crippen LogP contribution >= 0.6 is 39.1 Å². The molecule has 0 spiro atoms. The van der Waals surface area contributed by atoms with Gasteiger partial charge in [0.2, 0.25) is 0 Å². The lowest BCUT2D eigenvalue weighted by Crippen LogP contribution is -2.05. The van der Waals surface area contributed by atoms with Crippen molar-refractivity contribution in [2.75, 3.05) is 0 Å². The molecule has 12 aromatic heterocycles. The highest BCUT2D eigenvalue weighted by atomic mass is 79.9. The molecule has 18 aromatic rings. The Morgan fingerprint density at radius 2 is 0.511 bits per heavy atom. The first kappa shape index (κ1) is 99.8. The zero-order valence-corrected chi connectivity index (χ0v) is 79.2. The molecule has 30 nitrogen and oxygen atoms in total. The van der Waals surface area contributed by atoms with Crippen molar-refractivity contribution in [3.05, 3.63) is 425 Å². The van der Waals surface area contributed by atoms with E-state index >= 15 is 0 Å². The molecule has 0 fully saturated rings. The molecule has 6 aromatic carbocycles. The van der Waals surface area contributed by atoms with E-state index in [0.717, 1.165) is 72.0 Å². The maximum atomic E-state index is 13.7. The van der Waals surface area contributed by atoms with Crippen LogP contribution in [0.25, 0.3) is 67.5 Å². The predicted molar refractivity (Wildman–Crippen MR) is 512 cm³/mol. The summed E-state index contributed by atoms with van der Waals surface area (Å²) in [4.78, 5) is 95.9. The number of pyridine rings is 6. The van der Waals surface area contributed by atoms with Crippen LogP contribution in [0.1, 0.15) is 148 Å². The second kappa shape index (κ2) is 49.0. The van der Waals surface area contributed by atoms with E-state index in [0.29, 0.717) is 118 Å². The van der Waals surface area contributed by atoms with Crippen molar-refractivity contribution in [2.24, 2.45) is 0 Å². The monoisotopic (exact) mass is 1970 g/mol. The molecule has 0 aliphatic rings. The fourth-order valence-electron chi connectivity index (χ4n) is 12.2. The zero-order valence-electron chi connectivity index (χ0n) is 76.1. The number of rotatable bonds is 24. The number of nitrogens with zero attached hydrogens (tertiary/aromatic N) is 12. The minimum absolute atomic E-state index is 0.00976. The Bertz CT molecular complexity index is 6700. The second-order valence-electron chi connectivity index (χ2n) is 30.8. The standard InChI is InChI=1S/C18H15ClN2O3.2C18H16N2O3.C17H13BrN2O3.C17H13ClN2O3.C17H13FN2O3/c1-11-3-6-15(16(19)7-11)17-8-14(24-21-17)10-23-18(22)13-5-4-12(2)20-9-13;2*1-12-3-6-14(7-4-12)17-9-16(23-20-17)11-22-18(21)15-8-5-13(2)19-10-15;3*1-11-6-7-12(9-19-11)17(21)22-10-13-8-16(20-23-13)14-4-2-3-5-15(14)18/h3-9H,10H2,1-2H3;2*3-10H,11H2,1-2H3;3*2-9H,10H2,1H3. The normalized spacial score (nSPS) is 10.5. The highest BCUT2D eigenvalue weighted by molar-refractivity contribution is 9.10. The number of hydrogen-bond acceptors (Lipinski definition) is 30. The third-order valence-corrected chi connectivity index (χ3v) is 21.2. The zero-order chi connectivity index (χ0) is 98.3. The second-order valence-corrected chi connectivity index (χ2v) is 32.5. The smallest absolute Gasteiger partial charge is 0.340 e. The van der Waals surface area contributed by atoms with Gasteiger partial charge in [-0.2, -0.15) is 0 Å². The molecule has 139 heavy (non-hydrogen) atoms. The van der Waals surface area contributed by atoms with Crippen molar-refractivity contribution in [3.63, 3.8) is 0 Å². The molecular formula is C105H86BrCl2FN12O18. The van der Waals surface area contributed by atoms with Crippen LogP contribution in [0, 0.1) is 68.1 Å². The Labute approximate surface area is 813 Å². The predicted octanol–water partition coefficient (Wildman–Crippen LogP) is 23.5. The van der Waals surface area contributed by atoms with Crippen LogP contribution in [0.3, 0.4) is 0 Å². The van der Waals surface area contributed by atoms with Gasteiger partial charge in [0, 0.05) is 146 Å². The molecule has 12 heterocycles. The fourth-order valence-corrected chi connectivity index (χ4v) is 13.3. The minimum Gasteiger partial charge on any atom is -0.454 e. The summed E-state index contributed by atoms with van der Waals surface area (Å²) in [5.74, 6) is -0.487. The highest BCUT2D eigenvalue weighted by Crippen LogP contribution is 2.33. The molecule has 0 aliphatic carbocycles. The Balaban J connectivity index is 0.000000141. The average Bonchev–Trinajstić information content (AvgIpc) is 1.73. The quantitative estimate of drug-likeness (QED) is 0.0400. The summed E-state index contributed by atoms with van der Waals surface area (Å²) in [5.41, 5.74) is 19.1. The molecule has 34 heteroatoms. The maximum Gasteiger partial charge on any atom is 0.340 e. The molecule has 18 rings (SSSR count). The van der Waals surface area contributed by atoms with Gasteiger partial charge in [0.05, 0.1) is 43.4 Å². The number of carbonyl (C=O) groups excluding carboxylic acids is 6. The van der Waals surface area contributed by atoms with Crippen molar-refractivity contribution in [2.45, 2.75) is 102 Å². The Morgan fingerprint density at radius 3 is 0.791 bits per heavy atom. The summed E-state index contributed by atoms with van der Waals surface area (Å²) >= 11 is 15.8. The van der Waals surface area contributed by atoms with Crippen molar-refractivity contribution in [1.82, 2.24) is 60.8 Å². The number of halogens is 4. The first-order valence-electron chi connectivity index (χ1n) is 42.6. The van der Waals surface area contributed by atoms with Crippen LogP contribution in [0.15, 0.2) is 318 Å². The Kier molecular flexibility index (Phi) is 35.2. The Hall–Kier alpha value is -16.7. The molecule has 0 saturated carbocycles. The molecule has 0 atom stereocenters. The van der Waals surface area contributed by atoms with Gasteiger partial charge in [-0.1, -0.05) is 190 Å². The summed E-state index contributed by atoms with van der Waals surface area (Å²) in [6, 6.07) is 73.6. The lowest BCUT2D eigenvalue weighted by Gasteiger charge is -2.02. The average molecular weight is 1970 g/mol. The van der Waals surface area contributed by atoms with E-state index in [1.807, 2.05) is 172 Å². The SMILES string of the molecule is Cc1ccc(-c2cc(COC(=O)c3ccc(C)nc3)on2)c(Cl)c1.Cc1ccc(-c2cc(COC(=O)c3ccc(C)nc3)on2)cc1.Cc1ccc(-c2cc(COC(=O)c3ccc(C)nc3)on2)cc1.Cc1ccc(C(=O)OCc2cc(-c3ccccc3Br)no2)cn1.Cc1ccc(C(=O)OCc2cc(-c3ccccc3Cl)no2)cn1.Cc1ccc(C(=O)OCc2cc(-c3ccccc3F)no2)cn1. The molecule has 0 aliphatic heterocycles. The van der Waals surface area contributed by atoms with Gasteiger partial charge in [-0.3, -0.25) is 29.9 Å². The van der Waals surface area contributed by atoms with Gasteiger partial charge in [0.25, 0.3) is 0 Å². The molecule has 0 bridgehead atoms. The van der Waals surface area contributed by atoms with Crippen molar-refractivity contribution in [1.29, 1.82) is 0 Å². The van der Waals surface area contributed by atoms with Crippen LogP contribution in [-0.2, 0) is 68.1 Å².